The van der Waals surface area contributed by atoms with E-state index in [0.29, 0.717) is 6.04 Å². The number of aromatic nitrogens is 1. The maximum absolute atomic E-state index is 4.52. The fourth-order valence-corrected chi connectivity index (χ4v) is 3.08. The van der Waals surface area contributed by atoms with E-state index in [2.05, 4.69) is 65.7 Å². The number of pyridine rings is 1. The third-order valence-corrected chi connectivity index (χ3v) is 4.56. The molecule has 114 valence electrons. The van der Waals surface area contributed by atoms with E-state index in [-0.39, 0.29) is 0 Å². The molecule has 2 rings (SSSR count). The van der Waals surface area contributed by atoms with Crippen molar-refractivity contribution in [2.24, 2.45) is 0 Å². The minimum atomic E-state index is 0.440. The van der Waals surface area contributed by atoms with E-state index in [9.17, 15) is 0 Å². The lowest BCUT2D eigenvalue weighted by Gasteiger charge is -2.26. The first-order valence-electron chi connectivity index (χ1n) is 7.61. The summed E-state index contributed by atoms with van der Waals surface area (Å²) in [5, 5.41) is 5.58. The van der Waals surface area contributed by atoms with E-state index < -0.39 is 0 Å². The van der Waals surface area contributed by atoms with Crippen molar-refractivity contribution in [2.45, 2.75) is 39.3 Å². The van der Waals surface area contributed by atoms with Crippen LogP contribution in [-0.2, 0) is 13.0 Å². The molecule has 0 aromatic carbocycles. The maximum Gasteiger partial charge on any atom is 0.128 e. The van der Waals surface area contributed by atoms with Gasteiger partial charge in [0.2, 0.25) is 0 Å². The predicted octanol–water partition coefficient (Wildman–Crippen LogP) is 3.71. The lowest BCUT2D eigenvalue weighted by atomic mass is 10.1. The van der Waals surface area contributed by atoms with Gasteiger partial charge in [-0.2, -0.15) is 0 Å². The molecule has 0 bridgehead atoms. The van der Waals surface area contributed by atoms with Crippen LogP contribution in [0.2, 0.25) is 0 Å². The molecule has 21 heavy (non-hydrogen) atoms. The molecule has 1 N–H and O–H groups in total. The molecular weight excluding hydrogens is 278 g/mol. The average molecular weight is 303 g/mol. The van der Waals surface area contributed by atoms with Crippen LogP contribution in [0.25, 0.3) is 0 Å². The molecule has 0 radical (unpaired) electrons. The van der Waals surface area contributed by atoms with Crippen molar-refractivity contribution in [3.63, 3.8) is 0 Å². The van der Waals surface area contributed by atoms with E-state index in [1.54, 1.807) is 0 Å². The van der Waals surface area contributed by atoms with Gasteiger partial charge in [-0.1, -0.05) is 13.0 Å². The molecule has 2 aromatic heterocycles. The Morgan fingerprint density at radius 1 is 1.38 bits per heavy atom. The predicted molar refractivity (Wildman–Crippen MR) is 92.1 cm³/mol. The van der Waals surface area contributed by atoms with Gasteiger partial charge in [-0.15, -0.1) is 11.3 Å². The van der Waals surface area contributed by atoms with Crippen LogP contribution in [0.3, 0.4) is 0 Å². The number of hydrogen-bond acceptors (Lipinski definition) is 4. The van der Waals surface area contributed by atoms with Crippen molar-refractivity contribution < 1.29 is 0 Å². The highest BCUT2D eigenvalue weighted by Gasteiger charge is 2.12. The standard InChI is InChI=1S/C17H25N3S/c1-4-8-18-13-15-7-9-19-17(12-15)20(3)14(2)11-16-6-5-10-21-16/h5-7,9-10,12,14,18H,4,8,11,13H2,1-3H3. The van der Waals surface area contributed by atoms with Crippen LogP contribution in [0.5, 0.6) is 0 Å². The lowest BCUT2D eigenvalue weighted by molar-refractivity contribution is 0.667. The zero-order chi connectivity index (χ0) is 15.1. The van der Waals surface area contributed by atoms with Crippen LogP contribution in [-0.4, -0.2) is 24.6 Å². The van der Waals surface area contributed by atoms with Crippen molar-refractivity contribution in [1.82, 2.24) is 10.3 Å². The maximum atomic E-state index is 4.52. The van der Waals surface area contributed by atoms with Crippen LogP contribution in [0, 0.1) is 0 Å². The summed E-state index contributed by atoms with van der Waals surface area (Å²) in [6.07, 6.45) is 4.14. The Labute approximate surface area is 132 Å². The van der Waals surface area contributed by atoms with Gasteiger partial charge >= 0.3 is 0 Å². The SMILES string of the molecule is CCCNCc1ccnc(N(C)C(C)Cc2cccs2)c1. The topological polar surface area (TPSA) is 28.2 Å². The summed E-state index contributed by atoms with van der Waals surface area (Å²) >= 11 is 1.82. The molecule has 0 saturated heterocycles. The van der Waals surface area contributed by atoms with Gasteiger partial charge in [0.05, 0.1) is 0 Å². The van der Waals surface area contributed by atoms with Gasteiger partial charge in [0.15, 0.2) is 0 Å². The third-order valence-electron chi connectivity index (χ3n) is 3.67. The lowest BCUT2D eigenvalue weighted by Crippen LogP contribution is -2.31. The van der Waals surface area contributed by atoms with E-state index >= 15 is 0 Å². The van der Waals surface area contributed by atoms with Gasteiger partial charge in [0.25, 0.3) is 0 Å². The number of rotatable bonds is 8. The quantitative estimate of drug-likeness (QED) is 0.754. The third kappa shape index (κ3) is 4.83. The van der Waals surface area contributed by atoms with Crippen molar-refractivity contribution >= 4 is 17.2 Å². The molecule has 1 unspecified atom stereocenters. The van der Waals surface area contributed by atoms with E-state index in [0.717, 1.165) is 31.7 Å². The Kier molecular flexibility index (Phi) is 6.21. The first kappa shape index (κ1) is 16.0. The van der Waals surface area contributed by atoms with Crippen molar-refractivity contribution in [1.29, 1.82) is 0 Å². The van der Waals surface area contributed by atoms with Gasteiger partial charge in [0.1, 0.15) is 5.82 Å². The van der Waals surface area contributed by atoms with Gasteiger partial charge in [-0.3, -0.25) is 0 Å². The molecule has 4 heteroatoms. The van der Waals surface area contributed by atoms with Crippen molar-refractivity contribution in [3.8, 4) is 0 Å². The van der Waals surface area contributed by atoms with Crippen LogP contribution >= 0.6 is 11.3 Å². The van der Waals surface area contributed by atoms with E-state index in [1.807, 2.05) is 17.5 Å². The monoisotopic (exact) mass is 303 g/mol. The van der Waals surface area contributed by atoms with E-state index in [1.165, 1.54) is 10.4 Å². The Balaban J connectivity index is 1.97. The van der Waals surface area contributed by atoms with Gasteiger partial charge in [0, 0.05) is 37.1 Å². The zero-order valence-corrected chi connectivity index (χ0v) is 14.0. The molecule has 2 aromatic rings. The highest BCUT2D eigenvalue weighted by molar-refractivity contribution is 7.09. The first-order valence-corrected chi connectivity index (χ1v) is 8.49. The fraction of sp³-hybridized carbons (Fsp3) is 0.471. The minimum absolute atomic E-state index is 0.440. The Hall–Kier alpha value is -1.39. The Morgan fingerprint density at radius 3 is 2.95 bits per heavy atom. The molecule has 0 amide bonds. The highest BCUT2D eigenvalue weighted by Crippen LogP contribution is 2.18. The molecule has 2 heterocycles. The van der Waals surface area contributed by atoms with Gasteiger partial charge in [-0.25, -0.2) is 4.98 Å². The summed E-state index contributed by atoms with van der Waals surface area (Å²) < 4.78 is 0. The number of nitrogens with zero attached hydrogens (tertiary/aromatic N) is 2. The summed E-state index contributed by atoms with van der Waals surface area (Å²) in [7, 11) is 2.13. The van der Waals surface area contributed by atoms with Crippen LogP contribution in [0.15, 0.2) is 35.8 Å². The first-order chi connectivity index (χ1) is 10.2. The smallest absolute Gasteiger partial charge is 0.128 e. The molecular formula is C17H25N3S. The summed E-state index contributed by atoms with van der Waals surface area (Å²) in [6.45, 7) is 6.41. The number of nitrogens with one attached hydrogen (secondary N) is 1. The second kappa shape index (κ2) is 8.15. The molecule has 0 aliphatic rings. The molecule has 0 fully saturated rings. The normalized spacial score (nSPS) is 12.3. The number of hydrogen-bond donors (Lipinski definition) is 1. The van der Waals surface area contributed by atoms with Crippen molar-refractivity contribution in [3.05, 3.63) is 46.3 Å². The summed E-state index contributed by atoms with van der Waals surface area (Å²) in [5.41, 5.74) is 1.30. The highest BCUT2D eigenvalue weighted by atomic mass is 32.1. The van der Waals surface area contributed by atoms with Crippen LogP contribution in [0.1, 0.15) is 30.7 Å². The molecule has 0 spiro atoms. The average Bonchev–Trinajstić information content (AvgIpc) is 3.00. The largest absolute Gasteiger partial charge is 0.357 e. The second-order valence-electron chi connectivity index (χ2n) is 5.44. The van der Waals surface area contributed by atoms with Gasteiger partial charge in [-0.05, 0) is 49.0 Å². The molecule has 0 aliphatic carbocycles. The van der Waals surface area contributed by atoms with Crippen LogP contribution in [0.4, 0.5) is 5.82 Å². The number of anilines is 1. The molecule has 3 nitrogen and oxygen atoms in total. The minimum Gasteiger partial charge on any atom is -0.357 e. The van der Waals surface area contributed by atoms with Crippen molar-refractivity contribution in [2.75, 3.05) is 18.5 Å². The summed E-state index contributed by atoms with van der Waals surface area (Å²) in [5.74, 6) is 1.05. The number of thiophene rings is 1. The van der Waals surface area contributed by atoms with Crippen LogP contribution < -0.4 is 10.2 Å². The second-order valence-corrected chi connectivity index (χ2v) is 6.47. The summed E-state index contributed by atoms with van der Waals surface area (Å²) in [6, 6.07) is 9.03. The Bertz CT molecular complexity index is 525. The van der Waals surface area contributed by atoms with Gasteiger partial charge < -0.3 is 10.2 Å². The fourth-order valence-electron chi connectivity index (χ4n) is 2.26. The summed E-state index contributed by atoms with van der Waals surface area (Å²) in [4.78, 5) is 8.21. The van der Waals surface area contributed by atoms with E-state index in [4.69, 9.17) is 0 Å². The molecule has 0 aliphatic heterocycles. The molecule has 1 atom stereocenters. The molecule has 0 saturated carbocycles. The zero-order valence-electron chi connectivity index (χ0n) is 13.2. The number of likely N-dealkylation sites (N-methyl/N-ethyl adjacent to an activating group) is 1. The Morgan fingerprint density at radius 2 is 2.24 bits per heavy atom.